The summed E-state index contributed by atoms with van der Waals surface area (Å²) in [5, 5.41) is 0. The minimum absolute atomic E-state index is 0.00264. The zero-order valence-electron chi connectivity index (χ0n) is 12.7. The van der Waals surface area contributed by atoms with Crippen LogP contribution >= 0.6 is 0 Å². The van der Waals surface area contributed by atoms with Crippen LogP contribution in [0.4, 0.5) is 8.78 Å². The van der Waals surface area contributed by atoms with E-state index < -0.39 is 12.0 Å². The number of carbonyl (C=O) groups excluding carboxylic acids is 1. The largest absolute Gasteiger partial charge is 0.469 e. The lowest BCUT2D eigenvalue weighted by atomic mass is 9.87. The van der Waals surface area contributed by atoms with Crippen molar-refractivity contribution in [1.29, 1.82) is 0 Å². The average Bonchev–Trinajstić information content (AvgIpc) is 2.63. The molecule has 0 saturated carbocycles. The Kier molecular flexibility index (Phi) is 4.17. The molecule has 3 atom stereocenters. The van der Waals surface area contributed by atoms with Crippen molar-refractivity contribution < 1.29 is 18.3 Å². The number of benzene rings is 1. The number of nitrogens with zero attached hydrogens (tertiary/aromatic N) is 1. The summed E-state index contributed by atoms with van der Waals surface area (Å²) in [5.41, 5.74) is 1.06. The Hall–Kier alpha value is -1.49. The number of piperidine rings is 1. The lowest BCUT2D eigenvalue weighted by Gasteiger charge is -2.38. The molecule has 2 saturated heterocycles. The molecule has 3 nitrogen and oxygen atoms in total. The molecule has 2 fully saturated rings. The Labute approximate surface area is 129 Å². The summed E-state index contributed by atoms with van der Waals surface area (Å²) < 4.78 is 33.3. The molecule has 2 heterocycles. The molecule has 22 heavy (non-hydrogen) atoms. The molecule has 0 aliphatic carbocycles. The number of hydrogen-bond donors (Lipinski definition) is 0. The lowest BCUT2D eigenvalue weighted by Crippen LogP contribution is -2.46. The topological polar surface area (TPSA) is 29.5 Å². The summed E-state index contributed by atoms with van der Waals surface area (Å²) in [6.07, 6.45) is 1.17. The maximum atomic E-state index is 14.3. The van der Waals surface area contributed by atoms with E-state index >= 15 is 0 Å². The third-order valence-corrected chi connectivity index (χ3v) is 4.92. The molecule has 0 aromatic heterocycles. The molecule has 3 rings (SSSR count). The molecule has 5 heteroatoms. The van der Waals surface area contributed by atoms with Gasteiger partial charge in [0.05, 0.1) is 13.2 Å². The predicted octanol–water partition coefficient (Wildman–Crippen LogP) is 3.24. The van der Waals surface area contributed by atoms with Gasteiger partial charge >= 0.3 is 5.97 Å². The molecule has 0 spiro atoms. The number of ether oxygens (including phenoxy) is 1. The van der Waals surface area contributed by atoms with Gasteiger partial charge in [-0.3, -0.25) is 9.69 Å². The summed E-state index contributed by atoms with van der Waals surface area (Å²) in [4.78, 5) is 13.4. The highest BCUT2D eigenvalue weighted by atomic mass is 19.3. The standard InChI is InChI=1S/C17H21F2NO2/c1-22-16(21)9-13-7-14-10-17(18,19)15(8-13)20(14)11-12-5-3-2-4-6-12/h2-6,13-15H,7-11H2,1H3/t13-,14+,15-/m1/s1. The van der Waals surface area contributed by atoms with Gasteiger partial charge in [0, 0.05) is 25.4 Å². The first kappa shape index (κ1) is 15.4. The Morgan fingerprint density at radius 2 is 2.05 bits per heavy atom. The van der Waals surface area contributed by atoms with Crippen molar-refractivity contribution >= 4 is 5.97 Å². The summed E-state index contributed by atoms with van der Waals surface area (Å²) >= 11 is 0. The zero-order valence-corrected chi connectivity index (χ0v) is 12.7. The highest BCUT2D eigenvalue weighted by molar-refractivity contribution is 5.69. The van der Waals surface area contributed by atoms with Crippen molar-refractivity contribution in [3.05, 3.63) is 35.9 Å². The normalized spacial score (nSPS) is 30.2. The number of fused-ring (bicyclic) bond motifs is 2. The summed E-state index contributed by atoms with van der Waals surface area (Å²) in [5.74, 6) is -2.96. The van der Waals surface area contributed by atoms with Crippen LogP contribution in [0.2, 0.25) is 0 Å². The number of esters is 1. The van der Waals surface area contributed by atoms with Crippen molar-refractivity contribution in [3.8, 4) is 0 Å². The second kappa shape index (κ2) is 5.95. The monoisotopic (exact) mass is 309 g/mol. The van der Waals surface area contributed by atoms with Crippen LogP contribution in [0.3, 0.4) is 0 Å². The van der Waals surface area contributed by atoms with Gasteiger partial charge < -0.3 is 4.74 Å². The predicted molar refractivity (Wildman–Crippen MR) is 78.5 cm³/mol. The highest BCUT2D eigenvalue weighted by Gasteiger charge is 2.57. The smallest absolute Gasteiger partial charge is 0.305 e. The van der Waals surface area contributed by atoms with Crippen molar-refractivity contribution in [2.75, 3.05) is 7.11 Å². The van der Waals surface area contributed by atoms with E-state index in [0.717, 1.165) is 5.56 Å². The van der Waals surface area contributed by atoms with Crippen LogP contribution in [-0.2, 0) is 16.1 Å². The van der Waals surface area contributed by atoms with E-state index in [9.17, 15) is 13.6 Å². The number of alkyl halides is 2. The quantitative estimate of drug-likeness (QED) is 0.800. The first-order valence-corrected chi connectivity index (χ1v) is 7.74. The molecule has 2 aliphatic rings. The second-order valence-corrected chi connectivity index (χ2v) is 6.41. The molecule has 1 aromatic carbocycles. The fraction of sp³-hybridized carbons (Fsp3) is 0.588. The average molecular weight is 309 g/mol. The number of carbonyl (C=O) groups is 1. The lowest BCUT2D eigenvalue weighted by molar-refractivity contribution is -0.142. The van der Waals surface area contributed by atoms with Gasteiger partial charge in [0.2, 0.25) is 0 Å². The Morgan fingerprint density at radius 1 is 1.32 bits per heavy atom. The molecule has 2 bridgehead atoms. The van der Waals surface area contributed by atoms with Gasteiger partial charge in [-0.25, -0.2) is 8.78 Å². The van der Waals surface area contributed by atoms with Crippen molar-refractivity contribution in [1.82, 2.24) is 4.90 Å². The first-order valence-electron chi connectivity index (χ1n) is 7.74. The van der Waals surface area contributed by atoms with Crippen LogP contribution in [0.1, 0.15) is 31.2 Å². The molecule has 0 amide bonds. The van der Waals surface area contributed by atoms with E-state index in [1.807, 2.05) is 35.2 Å². The maximum Gasteiger partial charge on any atom is 0.305 e. The SMILES string of the molecule is COC(=O)C[C@@H]1C[C@H]2CC(F)(F)[C@@H](C1)N2Cc1ccccc1. The van der Waals surface area contributed by atoms with E-state index in [0.29, 0.717) is 19.4 Å². The van der Waals surface area contributed by atoms with Gasteiger partial charge in [-0.05, 0) is 24.3 Å². The van der Waals surface area contributed by atoms with Gasteiger partial charge in [0.15, 0.2) is 0 Å². The van der Waals surface area contributed by atoms with Crippen molar-refractivity contribution in [2.24, 2.45) is 5.92 Å². The molecule has 0 N–H and O–H groups in total. The van der Waals surface area contributed by atoms with Crippen molar-refractivity contribution in [2.45, 2.75) is 50.2 Å². The van der Waals surface area contributed by atoms with E-state index in [4.69, 9.17) is 0 Å². The van der Waals surface area contributed by atoms with Gasteiger partial charge in [-0.2, -0.15) is 0 Å². The van der Waals surface area contributed by atoms with E-state index in [2.05, 4.69) is 4.74 Å². The van der Waals surface area contributed by atoms with Gasteiger partial charge in [0.1, 0.15) is 0 Å². The third kappa shape index (κ3) is 3.00. The van der Waals surface area contributed by atoms with Gasteiger partial charge in [-0.15, -0.1) is 0 Å². The van der Waals surface area contributed by atoms with E-state index in [-0.39, 0.29) is 30.8 Å². The molecule has 0 radical (unpaired) electrons. The van der Waals surface area contributed by atoms with Gasteiger partial charge in [0.25, 0.3) is 5.92 Å². The summed E-state index contributed by atoms with van der Waals surface area (Å²) in [6, 6.07) is 8.81. The summed E-state index contributed by atoms with van der Waals surface area (Å²) in [6.45, 7) is 0.552. The van der Waals surface area contributed by atoms with Crippen LogP contribution in [0.5, 0.6) is 0 Å². The Balaban J connectivity index is 1.73. The number of halogens is 2. The molecule has 120 valence electrons. The zero-order chi connectivity index (χ0) is 15.7. The molecule has 0 unspecified atom stereocenters. The first-order chi connectivity index (χ1) is 10.5. The molecular formula is C17H21F2NO2. The van der Waals surface area contributed by atoms with Crippen LogP contribution in [0, 0.1) is 5.92 Å². The number of methoxy groups -OCH3 is 1. The Morgan fingerprint density at radius 3 is 2.68 bits per heavy atom. The van der Waals surface area contributed by atoms with Crippen LogP contribution in [0.15, 0.2) is 30.3 Å². The maximum absolute atomic E-state index is 14.3. The fourth-order valence-corrected chi connectivity index (χ4v) is 3.91. The third-order valence-electron chi connectivity index (χ3n) is 4.92. The van der Waals surface area contributed by atoms with E-state index in [1.54, 1.807) is 0 Å². The minimum atomic E-state index is -2.66. The second-order valence-electron chi connectivity index (χ2n) is 6.41. The summed E-state index contributed by atoms with van der Waals surface area (Å²) in [7, 11) is 1.34. The number of rotatable bonds is 4. The highest BCUT2D eigenvalue weighted by Crippen LogP contribution is 2.48. The van der Waals surface area contributed by atoms with Crippen LogP contribution in [-0.4, -0.2) is 36.0 Å². The van der Waals surface area contributed by atoms with Crippen molar-refractivity contribution in [3.63, 3.8) is 0 Å². The fourth-order valence-electron chi connectivity index (χ4n) is 3.91. The van der Waals surface area contributed by atoms with Gasteiger partial charge in [-0.1, -0.05) is 30.3 Å². The number of hydrogen-bond acceptors (Lipinski definition) is 3. The van der Waals surface area contributed by atoms with E-state index in [1.165, 1.54) is 7.11 Å². The van der Waals surface area contributed by atoms with Crippen LogP contribution < -0.4 is 0 Å². The molecule has 2 aliphatic heterocycles. The molecular weight excluding hydrogens is 288 g/mol. The minimum Gasteiger partial charge on any atom is -0.469 e. The Bertz CT molecular complexity index is 535. The van der Waals surface area contributed by atoms with Crippen LogP contribution in [0.25, 0.3) is 0 Å². The molecule has 1 aromatic rings.